The Morgan fingerprint density at radius 2 is 2.05 bits per heavy atom. The summed E-state index contributed by atoms with van der Waals surface area (Å²) in [6.45, 7) is 1.91. The molecule has 1 heterocycles. The summed E-state index contributed by atoms with van der Waals surface area (Å²) in [5, 5.41) is 0. The Bertz CT molecular complexity index is 573. The average Bonchev–Trinajstić information content (AvgIpc) is 2.79. The fourth-order valence-electron chi connectivity index (χ4n) is 2.69. The molecule has 4 nitrogen and oxygen atoms in total. The van der Waals surface area contributed by atoms with Gasteiger partial charge in [-0.05, 0) is 18.9 Å². The molecule has 6 heteroatoms. The highest BCUT2D eigenvalue weighted by Crippen LogP contribution is 2.28. The third-order valence-corrected chi connectivity index (χ3v) is 5.68. The topological polar surface area (TPSA) is 54.5 Å². The maximum atomic E-state index is 12.1. The van der Waals surface area contributed by atoms with Crippen LogP contribution in [-0.4, -0.2) is 42.7 Å². The van der Waals surface area contributed by atoms with Crippen LogP contribution in [0.5, 0.6) is 0 Å². The lowest BCUT2D eigenvalue weighted by molar-refractivity contribution is -0.132. The SMILES string of the molecule is CC(c1ccccc1)N(C(=O)CCl)C1CCS(=O)(=O)C1. The van der Waals surface area contributed by atoms with E-state index < -0.39 is 9.84 Å². The second kappa shape index (κ2) is 6.14. The summed E-state index contributed by atoms with van der Waals surface area (Å²) in [5.41, 5.74) is 0.982. The Balaban J connectivity index is 2.27. The zero-order chi connectivity index (χ0) is 14.8. The smallest absolute Gasteiger partial charge is 0.238 e. The molecular formula is C14H18ClNO3S. The van der Waals surface area contributed by atoms with E-state index >= 15 is 0 Å². The molecule has 0 radical (unpaired) electrons. The van der Waals surface area contributed by atoms with Crippen molar-refractivity contribution in [1.29, 1.82) is 0 Å². The number of alkyl halides is 1. The maximum Gasteiger partial charge on any atom is 0.238 e. The predicted octanol–water partition coefficient (Wildman–Crippen LogP) is 2.00. The molecule has 20 heavy (non-hydrogen) atoms. The highest BCUT2D eigenvalue weighted by Gasteiger charge is 2.36. The van der Waals surface area contributed by atoms with Crippen molar-refractivity contribution in [3.63, 3.8) is 0 Å². The van der Waals surface area contributed by atoms with Crippen LogP contribution in [0.2, 0.25) is 0 Å². The minimum Gasteiger partial charge on any atom is -0.331 e. The van der Waals surface area contributed by atoms with Crippen LogP contribution < -0.4 is 0 Å². The molecule has 2 rings (SSSR count). The van der Waals surface area contributed by atoms with Crippen molar-refractivity contribution in [2.75, 3.05) is 17.4 Å². The van der Waals surface area contributed by atoms with Gasteiger partial charge in [-0.2, -0.15) is 0 Å². The minimum atomic E-state index is -3.03. The Hall–Kier alpha value is -1.07. The molecule has 0 aliphatic carbocycles. The lowest BCUT2D eigenvalue weighted by Gasteiger charge is -2.34. The first kappa shape index (κ1) is 15.3. The van der Waals surface area contributed by atoms with E-state index in [1.807, 2.05) is 37.3 Å². The van der Waals surface area contributed by atoms with E-state index in [2.05, 4.69) is 0 Å². The molecule has 110 valence electrons. The number of amides is 1. The zero-order valence-electron chi connectivity index (χ0n) is 11.3. The van der Waals surface area contributed by atoms with Crippen molar-refractivity contribution in [3.8, 4) is 0 Å². The number of sulfone groups is 1. The van der Waals surface area contributed by atoms with Crippen LogP contribution in [0.15, 0.2) is 30.3 Å². The molecule has 0 aromatic heterocycles. The maximum absolute atomic E-state index is 12.1. The van der Waals surface area contributed by atoms with Gasteiger partial charge in [-0.3, -0.25) is 4.79 Å². The first-order chi connectivity index (χ1) is 9.44. The van der Waals surface area contributed by atoms with E-state index in [4.69, 9.17) is 11.6 Å². The summed E-state index contributed by atoms with van der Waals surface area (Å²) < 4.78 is 23.3. The Morgan fingerprint density at radius 1 is 1.40 bits per heavy atom. The highest BCUT2D eigenvalue weighted by atomic mass is 35.5. The van der Waals surface area contributed by atoms with Crippen molar-refractivity contribution in [2.24, 2.45) is 0 Å². The monoisotopic (exact) mass is 315 g/mol. The zero-order valence-corrected chi connectivity index (χ0v) is 12.9. The van der Waals surface area contributed by atoms with E-state index in [1.165, 1.54) is 0 Å². The first-order valence-corrected chi connectivity index (χ1v) is 8.92. The Labute approximate surface area is 124 Å². The fraction of sp³-hybridized carbons (Fsp3) is 0.500. The van der Waals surface area contributed by atoms with Gasteiger partial charge < -0.3 is 4.90 Å². The molecule has 0 spiro atoms. The Kier molecular flexibility index (Phi) is 4.70. The molecule has 2 unspecified atom stereocenters. The summed E-state index contributed by atoms with van der Waals surface area (Å²) >= 11 is 5.69. The third kappa shape index (κ3) is 3.33. The number of benzene rings is 1. The van der Waals surface area contributed by atoms with Crippen molar-refractivity contribution < 1.29 is 13.2 Å². The van der Waals surface area contributed by atoms with Crippen molar-refractivity contribution in [1.82, 2.24) is 4.90 Å². The minimum absolute atomic E-state index is 0.0345. The summed E-state index contributed by atoms with van der Waals surface area (Å²) in [7, 11) is -3.03. The molecule has 1 fully saturated rings. The van der Waals surface area contributed by atoms with E-state index in [0.29, 0.717) is 6.42 Å². The van der Waals surface area contributed by atoms with Crippen molar-refractivity contribution >= 4 is 27.3 Å². The number of carbonyl (C=O) groups excluding carboxylic acids is 1. The van der Waals surface area contributed by atoms with Crippen LogP contribution in [0.3, 0.4) is 0 Å². The largest absolute Gasteiger partial charge is 0.331 e. The molecule has 1 amide bonds. The standard InChI is InChI=1S/C14H18ClNO3S/c1-11(12-5-3-2-4-6-12)16(14(17)9-15)13-7-8-20(18,19)10-13/h2-6,11,13H,7-10H2,1H3. The van der Waals surface area contributed by atoms with E-state index in [1.54, 1.807) is 4.90 Å². The van der Waals surface area contributed by atoms with Gasteiger partial charge in [0.25, 0.3) is 0 Å². The van der Waals surface area contributed by atoms with Gasteiger partial charge in [-0.25, -0.2) is 8.42 Å². The number of halogens is 1. The molecule has 0 saturated carbocycles. The normalized spacial score (nSPS) is 22.4. The summed E-state index contributed by atoms with van der Waals surface area (Å²) in [5.74, 6) is -0.170. The first-order valence-electron chi connectivity index (χ1n) is 6.57. The fourth-order valence-corrected chi connectivity index (χ4v) is 4.54. The Morgan fingerprint density at radius 3 is 2.55 bits per heavy atom. The molecule has 1 aliphatic heterocycles. The van der Waals surface area contributed by atoms with Gasteiger partial charge in [0.15, 0.2) is 9.84 Å². The van der Waals surface area contributed by atoms with Gasteiger partial charge in [-0.1, -0.05) is 30.3 Å². The molecule has 1 aromatic carbocycles. The van der Waals surface area contributed by atoms with Crippen LogP contribution in [0.25, 0.3) is 0 Å². The lowest BCUT2D eigenvalue weighted by Crippen LogP contribution is -2.43. The van der Waals surface area contributed by atoms with Gasteiger partial charge in [0, 0.05) is 6.04 Å². The molecule has 0 bridgehead atoms. The van der Waals surface area contributed by atoms with Crippen LogP contribution in [-0.2, 0) is 14.6 Å². The molecule has 1 saturated heterocycles. The van der Waals surface area contributed by atoms with Crippen LogP contribution >= 0.6 is 11.6 Å². The molecule has 1 aromatic rings. The highest BCUT2D eigenvalue weighted by molar-refractivity contribution is 7.91. The van der Waals surface area contributed by atoms with Gasteiger partial charge in [0.1, 0.15) is 5.88 Å². The van der Waals surface area contributed by atoms with Crippen LogP contribution in [0, 0.1) is 0 Å². The lowest BCUT2D eigenvalue weighted by atomic mass is 10.0. The quantitative estimate of drug-likeness (QED) is 0.799. The molecule has 2 atom stereocenters. The molecular weight excluding hydrogens is 298 g/mol. The van der Waals surface area contributed by atoms with Crippen LogP contribution in [0.1, 0.15) is 24.9 Å². The number of nitrogens with zero attached hydrogens (tertiary/aromatic N) is 1. The number of hydrogen-bond acceptors (Lipinski definition) is 3. The van der Waals surface area contributed by atoms with Crippen molar-refractivity contribution in [3.05, 3.63) is 35.9 Å². The van der Waals surface area contributed by atoms with Gasteiger partial charge in [0.2, 0.25) is 5.91 Å². The van der Waals surface area contributed by atoms with Gasteiger partial charge in [0.05, 0.1) is 17.5 Å². The summed E-state index contributed by atoms with van der Waals surface area (Å²) in [6, 6.07) is 9.12. The van der Waals surface area contributed by atoms with E-state index in [-0.39, 0.29) is 35.4 Å². The summed E-state index contributed by atoms with van der Waals surface area (Å²) in [4.78, 5) is 13.8. The van der Waals surface area contributed by atoms with Gasteiger partial charge >= 0.3 is 0 Å². The average molecular weight is 316 g/mol. The molecule has 0 N–H and O–H groups in total. The second-order valence-corrected chi connectivity index (χ2v) is 7.57. The number of hydrogen-bond donors (Lipinski definition) is 0. The van der Waals surface area contributed by atoms with E-state index in [9.17, 15) is 13.2 Å². The van der Waals surface area contributed by atoms with Crippen molar-refractivity contribution in [2.45, 2.75) is 25.4 Å². The summed E-state index contributed by atoms with van der Waals surface area (Å²) in [6.07, 6.45) is 0.488. The van der Waals surface area contributed by atoms with Gasteiger partial charge in [-0.15, -0.1) is 11.6 Å². The number of rotatable bonds is 4. The van der Waals surface area contributed by atoms with E-state index in [0.717, 1.165) is 5.56 Å². The van der Waals surface area contributed by atoms with Crippen LogP contribution in [0.4, 0.5) is 0 Å². The number of carbonyl (C=O) groups is 1. The second-order valence-electron chi connectivity index (χ2n) is 5.08. The molecule has 1 aliphatic rings. The predicted molar refractivity (Wildman–Crippen MR) is 79.5 cm³/mol. The third-order valence-electron chi connectivity index (χ3n) is 3.70.